The van der Waals surface area contributed by atoms with Gasteiger partial charge in [-0.2, -0.15) is 8.78 Å². The number of rotatable bonds is 3. The number of nitrogens with zero attached hydrogens (tertiary/aromatic N) is 2. The van der Waals surface area contributed by atoms with Gasteiger partial charge in [0.2, 0.25) is 0 Å². The van der Waals surface area contributed by atoms with E-state index in [0.29, 0.717) is 5.82 Å². The number of carboxylic acids is 1. The predicted octanol–water partition coefficient (Wildman–Crippen LogP) is 0.911. The monoisotopic (exact) mass is 190 g/mol. The van der Waals surface area contributed by atoms with Crippen LogP contribution in [0, 0.1) is 6.92 Å². The number of hydrogen-bond donors (Lipinski definition) is 1. The molecule has 0 aliphatic carbocycles. The van der Waals surface area contributed by atoms with Crippen molar-refractivity contribution in [1.29, 1.82) is 0 Å². The maximum absolute atomic E-state index is 12.6. The van der Waals surface area contributed by atoms with E-state index in [0.717, 1.165) is 4.57 Å². The van der Waals surface area contributed by atoms with E-state index in [1.165, 1.54) is 19.3 Å². The van der Waals surface area contributed by atoms with Crippen LogP contribution in [0.5, 0.6) is 0 Å². The second kappa shape index (κ2) is 3.12. The van der Waals surface area contributed by atoms with Crippen molar-refractivity contribution in [1.82, 2.24) is 9.55 Å². The Morgan fingerprint density at radius 1 is 1.77 bits per heavy atom. The third-order valence-corrected chi connectivity index (χ3v) is 1.61. The quantitative estimate of drug-likeness (QED) is 0.770. The van der Waals surface area contributed by atoms with Crippen molar-refractivity contribution in [3.05, 3.63) is 18.2 Å². The van der Waals surface area contributed by atoms with Gasteiger partial charge in [-0.3, -0.25) is 0 Å². The Balaban J connectivity index is 2.80. The Hall–Kier alpha value is -1.46. The smallest absolute Gasteiger partial charge is 0.376 e. The van der Waals surface area contributed by atoms with Crippen molar-refractivity contribution in [2.45, 2.75) is 19.4 Å². The molecule has 0 saturated carbocycles. The Kier molecular flexibility index (Phi) is 2.31. The van der Waals surface area contributed by atoms with E-state index in [4.69, 9.17) is 5.11 Å². The van der Waals surface area contributed by atoms with E-state index in [1.54, 1.807) is 0 Å². The van der Waals surface area contributed by atoms with Crippen LogP contribution in [-0.2, 0) is 11.3 Å². The highest BCUT2D eigenvalue weighted by atomic mass is 19.3. The number of hydrogen-bond acceptors (Lipinski definition) is 2. The molecule has 0 saturated heterocycles. The summed E-state index contributed by atoms with van der Waals surface area (Å²) in [6.45, 7) is 0.645. The SMILES string of the molecule is Cc1nccn1CC(F)(F)C(=O)O. The average molecular weight is 190 g/mol. The number of carbonyl (C=O) groups is 1. The highest BCUT2D eigenvalue weighted by molar-refractivity contribution is 5.75. The summed E-state index contributed by atoms with van der Waals surface area (Å²) in [7, 11) is 0. The Labute approximate surface area is 72.8 Å². The van der Waals surface area contributed by atoms with Gasteiger partial charge in [0, 0.05) is 12.4 Å². The fourth-order valence-corrected chi connectivity index (χ4v) is 0.852. The van der Waals surface area contributed by atoms with Crippen molar-refractivity contribution in [3.8, 4) is 0 Å². The molecule has 0 unspecified atom stereocenters. The average Bonchev–Trinajstić information content (AvgIpc) is 2.35. The molecule has 1 aromatic heterocycles. The third kappa shape index (κ3) is 2.01. The third-order valence-electron chi connectivity index (χ3n) is 1.61. The molecule has 1 rings (SSSR count). The molecule has 1 N–H and O–H groups in total. The fraction of sp³-hybridized carbons (Fsp3) is 0.429. The molecule has 4 nitrogen and oxygen atoms in total. The molecule has 0 amide bonds. The minimum absolute atomic E-state index is 0.362. The van der Waals surface area contributed by atoms with E-state index in [-0.39, 0.29) is 0 Å². The number of aromatic nitrogens is 2. The van der Waals surface area contributed by atoms with Crippen molar-refractivity contribution < 1.29 is 18.7 Å². The summed E-state index contributed by atoms with van der Waals surface area (Å²) in [5.41, 5.74) is 0. The molecule has 0 aliphatic heterocycles. The number of carboxylic acid groups (broad SMARTS) is 1. The van der Waals surface area contributed by atoms with Gasteiger partial charge in [0.15, 0.2) is 0 Å². The molecular formula is C7H8F2N2O2. The van der Waals surface area contributed by atoms with E-state index in [1.807, 2.05) is 0 Å². The number of halogens is 2. The van der Waals surface area contributed by atoms with Crippen LogP contribution in [0.3, 0.4) is 0 Å². The zero-order valence-electron chi connectivity index (χ0n) is 6.87. The minimum atomic E-state index is -3.74. The normalized spacial score (nSPS) is 11.6. The lowest BCUT2D eigenvalue weighted by molar-refractivity contribution is -0.166. The molecule has 1 heterocycles. The molecular weight excluding hydrogens is 182 g/mol. The second-order valence-electron chi connectivity index (χ2n) is 2.61. The van der Waals surface area contributed by atoms with Crippen LogP contribution < -0.4 is 0 Å². The molecule has 6 heteroatoms. The van der Waals surface area contributed by atoms with Crippen LogP contribution in [0.25, 0.3) is 0 Å². The second-order valence-corrected chi connectivity index (χ2v) is 2.61. The van der Waals surface area contributed by atoms with Crippen LogP contribution >= 0.6 is 0 Å². The summed E-state index contributed by atoms with van der Waals surface area (Å²) >= 11 is 0. The maximum Gasteiger partial charge on any atom is 0.376 e. The Bertz CT molecular complexity index is 322. The first-order valence-electron chi connectivity index (χ1n) is 3.52. The lowest BCUT2D eigenvalue weighted by Crippen LogP contribution is -2.33. The molecule has 1 aromatic rings. The van der Waals surface area contributed by atoms with E-state index >= 15 is 0 Å². The van der Waals surface area contributed by atoms with Crippen molar-refractivity contribution >= 4 is 5.97 Å². The van der Waals surface area contributed by atoms with Gasteiger partial charge in [0.1, 0.15) is 5.82 Å². The standard InChI is InChI=1S/C7H8F2N2O2/c1-5-10-2-3-11(5)4-7(8,9)6(12)13/h2-3H,4H2,1H3,(H,12,13). The number of aliphatic carboxylic acids is 1. The fourth-order valence-electron chi connectivity index (χ4n) is 0.852. The van der Waals surface area contributed by atoms with Gasteiger partial charge in [0.25, 0.3) is 0 Å². The van der Waals surface area contributed by atoms with Crippen molar-refractivity contribution in [2.24, 2.45) is 0 Å². The highest BCUT2D eigenvalue weighted by Crippen LogP contribution is 2.16. The van der Waals surface area contributed by atoms with Crippen LogP contribution in [0.15, 0.2) is 12.4 Å². The maximum atomic E-state index is 12.6. The lowest BCUT2D eigenvalue weighted by Gasteiger charge is -2.12. The number of alkyl halides is 2. The van der Waals surface area contributed by atoms with E-state index < -0.39 is 18.4 Å². The largest absolute Gasteiger partial charge is 0.477 e. The highest BCUT2D eigenvalue weighted by Gasteiger charge is 2.39. The van der Waals surface area contributed by atoms with Gasteiger partial charge in [-0.15, -0.1) is 0 Å². The minimum Gasteiger partial charge on any atom is -0.477 e. The molecule has 0 radical (unpaired) electrons. The van der Waals surface area contributed by atoms with Gasteiger partial charge < -0.3 is 9.67 Å². The number of imidazole rings is 1. The molecule has 0 aromatic carbocycles. The molecule has 0 bridgehead atoms. The molecule has 13 heavy (non-hydrogen) atoms. The van der Waals surface area contributed by atoms with Gasteiger partial charge in [-0.25, -0.2) is 9.78 Å². The zero-order chi connectivity index (χ0) is 10.1. The first-order chi connectivity index (χ1) is 5.93. The lowest BCUT2D eigenvalue weighted by atomic mass is 10.3. The zero-order valence-corrected chi connectivity index (χ0v) is 6.87. The van der Waals surface area contributed by atoms with E-state index in [9.17, 15) is 13.6 Å². The summed E-state index contributed by atoms with van der Waals surface area (Å²) in [6.07, 6.45) is 2.65. The summed E-state index contributed by atoms with van der Waals surface area (Å²) in [4.78, 5) is 13.8. The molecule has 0 spiro atoms. The first kappa shape index (κ1) is 9.63. The number of aryl methyl sites for hydroxylation is 1. The predicted molar refractivity (Wildman–Crippen MR) is 39.5 cm³/mol. The van der Waals surface area contributed by atoms with Crippen molar-refractivity contribution in [3.63, 3.8) is 0 Å². The molecule has 0 aliphatic rings. The van der Waals surface area contributed by atoms with Crippen LogP contribution in [-0.4, -0.2) is 26.5 Å². The van der Waals surface area contributed by atoms with Gasteiger partial charge >= 0.3 is 11.9 Å². The van der Waals surface area contributed by atoms with Crippen LogP contribution in [0.2, 0.25) is 0 Å². The summed E-state index contributed by atoms with van der Waals surface area (Å²) in [6, 6.07) is 0. The summed E-state index contributed by atoms with van der Waals surface area (Å²) in [5, 5.41) is 8.15. The Morgan fingerprint density at radius 2 is 2.38 bits per heavy atom. The van der Waals surface area contributed by atoms with Crippen molar-refractivity contribution in [2.75, 3.05) is 0 Å². The molecule has 0 atom stereocenters. The van der Waals surface area contributed by atoms with Gasteiger partial charge in [-0.05, 0) is 6.92 Å². The summed E-state index contributed by atoms with van der Waals surface area (Å²) in [5.74, 6) is -5.51. The Morgan fingerprint density at radius 3 is 2.77 bits per heavy atom. The molecule has 72 valence electrons. The van der Waals surface area contributed by atoms with Crippen LogP contribution in [0.4, 0.5) is 8.78 Å². The van der Waals surface area contributed by atoms with Crippen LogP contribution in [0.1, 0.15) is 5.82 Å². The van der Waals surface area contributed by atoms with E-state index in [2.05, 4.69) is 4.98 Å². The first-order valence-corrected chi connectivity index (χ1v) is 3.52. The summed E-state index contributed by atoms with van der Waals surface area (Å²) < 4.78 is 26.4. The van der Waals surface area contributed by atoms with Gasteiger partial charge in [0.05, 0.1) is 6.54 Å². The topological polar surface area (TPSA) is 55.1 Å². The van der Waals surface area contributed by atoms with Gasteiger partial charge in [-0.1, -0.05) is 0 Å². The molecule has 0 fully saturated rings.